The van der Waals surface area contributed by atoms with Crippen molar-refractivity contribution >= 4 is 23.0 Å². The van der Waals surface area contributed by atoms with E-state index in [1.165, 1.54) is 0 Å². The van der Waals surface area contributed by atoms with Gasteiger partial charge in [-0.25, -0.2) is 0 Å². The smallest absolute Gasteiger partial charge is 0.234 e. The molecule has 5 nitrogen and oxygen atoms in total. The van der Waals surface area contributed by atoms with Crippen LogP contribution >= 0.6 is 0 Å². The van der Waals surface area contributed by atoms with Gasteiger partial charge in [0.05, 0.1) is 12.0 Å². The van der Waals surface area contributed by atoms with Crippen LogP contribution in [0.3, 0.4) is 0 Å². The van der Waals surface area contributed by atoms with Gasteiger partial charge in [0.1, 0.15) is 5.71 Å². The maximum atomic E-state index is 12.3. The van der Waals surface area contributed by atoms with Crippen molar-refractivity contribution in [1.29, 1.82) is 0 Å². The molecule has 2 unspecified atom stereocenters. The molecule has 0 aromatic heterocycles. The lowest BCUT2D eigenvalue weighted by Gasteiger charge is -2.18. The Morgan fingerprint density at radius 2 is 1.71 bits per heavy atom. The van der Waals surface area contributed by atoms with Gasteiger partial charge < -0.3 is 15.8 Å². The van der Waals surface area contributed by atoms with Gasteiger partial charge in [-0.3, -0.25) is 4.79 Å². The molecular formula is C16H13N3O2. The second-order valence-corrected chi connectivity index (χ2v) is 5.21. The Morgan fingerprint density at radius 3 is 2.52 bits per heavy atom. The van der Waals surface area contributed by atoms with E-state index in [4.69, 9.17) is 0 Å². The second kappa shape index (κ2) is 4.34. The van der Waals surface area contributed by atoms with Crippen molar-refractivity contribution in [3.05, 3.63) is 59.7 Å². The molecule has 2 aliphatic heterocycles. The summed E-state index contributed by atoms with van der Waals surface area (Å²) in [6.07, 6.45) is 0. The van der Waals surface area contributed by atoms with Crippen molar-refractivity contribution in [1.82, 2.24) is 0 Å². The van der Waals surface area contributed by atoms with Gasteiger partial charge in [-0.2, -0.15) is 0 Å². The highest BCUT2D eigenvalue weighted by molar-refractivity contribution is 6.18. The van der Waals surface area contributed by atoms with Crippen LogP contribution in [0.4, 0.5) is 11.4 Å². The van der Waals surface area contributed by atoms with E-state index >= 15 is 0 Å². The van der Waals surface area contributed by atoms with Gasteiger partial charge in [0.2, 0.25) is 5.91 Å². The average Bonchev–Trinajstić information content (AvgIpc) is 3.02. The molecule has 2 atom stereocenters. The second-order valence-electron chi connectivity index (χ2n) is 5.21. The molecule has 104 valence electrons. The third kappa shape index (κ3) is 1.64. The summed E-state index contributed by atoms with van der Waals surface area (Å²) in [5.74, 6) is -0.484. The molecule has 0 bridgehead atoms. The van der Waals surface area contributed by atoms with E-state index in [-0.39, 0.29) is 11.9 Å². The van der Waals surface area contributed by atoms with Gasteiger partial charge in [-0.15, -0.1) is 0 Å². The molecule has 2 heterocycles. The number of amides is 1. The molecule has 0 saturated heterocycles. The average molecular weight is 279 g/mol. The lowest BCUT2D eigenvalue weighted by atomic mass is 9.89. The van der Waals surface area contributed by atoms with E-state index < -0.39 is 5.92 Å². The summed E-state index contributed by atoms with van der Waals surface area (Å²) in [6, 6.07) is 14.8. The first kappa shape index (κ1) is 12.0. The Morgan fingerprint density at radius 1 is 1.00 bits per heavy atom. The van der Waals surface area contributed by atoms with Gasteiger partial charge in [0.25, 0.3) is 0 Å². The van der Waals surface area contributed by atoms with Crippen LogP contribution in [0, 0.1) is 0 Å². The zero-order valence-corrected chi connectivity index (χ0v) is 11.1. The Kier molecular flexibility index (Phi) is 2.47. The molecule has 4 rings (SSSR count). The van der Waals surface area contributed by atoms with E-state index in [2.05, 4.69) is 15.8 Å². The van der Waals surface area contributed by atoms with Crippen molar-refractivity contribution in [2.24, 2.45) is 5.16 Å². The van der Waals surface area contributed by atoms with Crippen molar-refractivity contribution in [2.45, 2.75) is 12.0 Å². The summed E-state index contributed by atoms with van der Waals surface area (Å²) in [5, 5.41) is 19.0. The third-order valence-corrected chi connectivity index (χ3v) is 4.09. The highest BCUT2D eigenvalue weighted by Crippen LogP contribution is 2.40. The Hall–Kier alpha value is -2.82. The summed E-state index contributed by atoms with van der Waals surface area (Å²) in [4.78, 5) is 12.3. The summed E-state index contributed by atoms with van der Waals surface area (Å²) in [6.45, 7) is 0. The summed E-state index contributed by atoms with van der Waals surface area (Å²) >= 11 is 0. The fraction of sp³-hybridized carbons (Fsp3) is 0.125. The zero-order valence-electron chi connectivity index (χ0n) is 11.1. The van der Waals surface area contributed by atoms with Crippen LogP contribution in [-0.4, -0.2) is 22.9 Å². The Labute approximate surface area is 121 Å². The predicted molar refractivity (Wildman–Crippen MR) is 80.0 cm³/mol. The molecule has 0 fully saturated rings. The number of carbonyl (C=O) groups excluding carboxylic acids is 1. The first-order valence-electron chi connectivity index (χ1n) is 6.77. The Bertz CT molecular complexity index is 770. The minimum Gasteiger partial charge on any atom is -0.411 e. The van der Waals surface area contributed by atoms with Crippen molar-refractivity contribution in [3.8, 4) is 0 Å². The largest absolute Gasteiger partial charge is 0.411 e. The predicted octanol–water partition coefficient (Wildman–Crippen LogP) is 2.39. The number of benzene rings is 2. The van der Waals surface area contributed by atoms with Crippen LogP contribution in [-0.2, 0) is 4.79 Å². The lowest BCUT2D eigenvalue weighted by Crippen LogP contribution is -2.34. The first-order valence-corrected chi connectivity index (χ1v) is 6.77. The standard InChI is InChI=1S/C16H13N3O2/c20-16-13(9-5-1-3-7-11(9)18-16)15-14(19-21)10-6-2-4-8-12(10)17-15/h1-8,13,15,17,21H,(H,18,20)/b19-14+. The topological polar surface area (TPSA) is 73.7 Å². The molecule has 3 N–H and O–H groups in total. The minimum absolute atomic E-state index is 0.0809. The normalized spacial score (nSPS) is 24.4. The van der Waals surface area contributed by atoms with E-state index in [0.717, 1.165) is 22.5 Å². The van der Waals surface area contributed by atoms with Crippen molar-refractivity contribution in [2.75, 3.05) is 10.6 Å². The monoisotopic (exact) mass is 279 g/mol. The van der Waals surface area contributed by atoms with Gasteiger partial charge in [-0.05, 0) is 17.7 Å². The molecule has 0 aliphatic carbocycles. The van der Waals surface area contributed by atoms with Crippen LogP contribution in [0.15, 0.2) is 53.7 Å². The molecule has 0 radical (unpaired) electrons. The number of nitrogens with zero attached hydrogens (tertiary/aromatic N) is 1. The molecule has 2 aliphatic rings. The highest BCUT2D eigenvalue weighted by atomic mass is 16.4. The van der Waals surface area contributed by atoms with E-state index in [0.29, 0.717) is 5.71 Å². The quantitative estimate of drug-likeness (QED) is 0.554. The third-order valence-electron chi connectivity index (χ3n) is 4.09. The van der Waals surface area contributed by atoms with Gasteiger partial charge in [0.15, 0.2) is 0 Å². The molecule has 21 heavy (non-hydrogen) atoms. The number of oxime groups is 1. The number of rotatable bonds is 1. The summed E-state index contributed by atoms with van der Waals surface area (Å²) in [7, 11) is 0. The SMILES string of the molecule is O=C1Nc2ccccc2C1C1Nc2ccccc2/C1=N\O. The van der Waals surface area contributed by atoms with Crippen molar-refractivity contribution in [3.63, 3.8) is 0 Å². The number of nitrogens with one attached hydrogen (secondary N) is 2. The number of hydrogen-bond donors (Lipinski definition) is 3. The maximum absolute atomic E-state index is 12.3. The fourth-order valence-electron chi connectivity index (χ4n) is 3.16. The molecule has 0 saturated carbocycles. The van der Waals surface area contributed by atoms with E-state index in [1.807, 2.05) is 48.5 Å². The number of anilines is 2. The number of carbonyl (C=O) groups is 1. The highest BCUT2D eigenvalue weighted by Gasteiger charge is 2.43. The fourth-order valence-corrected chi connectivity index (χ4v) is 3.16. The minimum atomic E-state index is -0.403. The van der Waals surface area contributed by atoms with E-state index in [9.17, 15) is 10.0 Å². The van der Waals surface area contributed by atoms with Crippen LogP contribution in [0.5, 0.6) is 0 Å². The number of fused-ring (bicyclic) bond motifs is 2. The summed E-state index contributed by atoms with van der Waals surface area (Å²) in [5.41, 5.74) is 3.97. The van der Waals surface area contributed by atoms with Crippen molar-refractivity contribution < 1.29 is 10.0 Å². The lowest BCUT2D eigenvalue weighted by molar-refractivity contribution is -0.117. The van der Waals surface area contributed by atoms with Crippen LogP contribution < -0.4 is 10.6 Å². The zero-order chi connectivity index (χ0) is 14.4. The van der Waals surface area contributed by atoms with Crippen LogP contribution in [0.25, 0.3) is 0 Å². The van der Waals surface area contributed by atoms with Gasteiger partial charge in [-0.1, -0.05) is 41.6 Å². The van der Waals surface area contributed by atoms with E-state index in [1.54, 1.807) is 0 Å². The molecule has 0 spiro atoms. The molecule has 1 amide bonds. The first-order chi connectivity index (χ1) is 10.3. The van der Waals surface area contributed by atoms with Gasteiger partial charge in [0, 0.05) is 16.9 Å². The van der Waals surface area contributed by atoms with Crippen LogP contribution in [0.1, 0.15) is 17.0 Å². The number of hydrogen-bond acceptors (Lipinski definition) is 4. The van der Waals surface area contributed by atoms with Gasteiger partial charge >= 0.3 is 0 Å². The molecule has 5 heteroatoms. The summed E-state index contributed by atoms with van der Waals surface area (Å²) < 4.78 is 0. The molecule has 2 aromatic rings. The van der Waals surface area contributed by atoms with Crippen LogP contribution in [0.2, 0.25) is 0 Å². The molecule has 2 aromatic carbocycles. The maximum Gasteiger partial charge on any atom is 0.234 e. The Balaban J connectivity index is 1.81. The molecular weight excluding hydrogens is 266 g/mol. The number of para-hydroxylation sites is 2.